The Morgan fingerprint density at radius 1 is 1.29 bits per heavy atom. The summed E-state index contributed by atoms with van der Waals surface area (Å²) in [6.45, 7) is 7.30. The number of hydrogen-bond acceptors (Lipinski definition) is 4. The fraction of sp³-hybridized carbons (Fsp3) is 0.222. The van der Waals surface area contributed by atoms with E-state index in [2.05, 4.69) is 17.9 Å². The van der Waals surface area contributed by atoms with Crippen LogP contribution in [-0.2, 0) is 19.1 Å². The third kappa shape index (κ3) is 16.6. The zero-order valence-corrected chi connectivity index (χ0v) is 7.86. The summed E-state index contributed by atoms with van der Waals surface area (Å²) in [5, 5.41) is 7.60. The number of aliphatic carboxylic acids is 1. The first kappa shape index (κ1) is 14.6. The third-order valence-electron chi connectivity index (χ3n) is 0.759. The molecule has 0 aliphatic carbocycles. The van der Waals surface area contributed by atoms with Crippen LogP contribution in [0.4, 0.5) is 0 Å². The van der Waals surface area contributed by atoms with Crippen molar-refractivity contribution < 1.29 is 24.2 Å². The highest BCUT2D eigenvalue weighted by Crippen LogP contribution is 1.78. The molecule has 0 fully saturated rings. The number of carboxylic acid groups (broad SMARTS) is 1. The van der Waals surface area contributed by atoms with E-state index in [-0.39, 0.29) is 12.4 Å². The quantitative estimate of drug-likeness (QED) is 0.529. The van der Waals surface area contributed by atoms with E-state index in [4.69, 9.17) is 5.11 Å². The van der Waals surface area contributed by atoms with E-state index < -0.39 is 11.9 Å². The molecule has 0 radical (unpaired) electrons. The second-order valence-electron chi connectivity index (χ2n) is 2.06. The van der Waals surface area contributed by atoms with Gasteiger partial charge in [0.15, 0.2) is 5.78 Å². The summed E-state index contributed by atoms with van der Waals surface area (Å²) in [4.78, 5) is 29.6. The standard InChI is InChI=1S/C6H8O3.C3H4O2/c1-3-6(8)9-4-5(2)7;1-2-3(4)5/h3H,1,4H2,2H3;2H,1H2,(H,4,5). The van der Waals surface area contributed by atoms with Crippen molar-refractivity contribution in [3.8, 4) is 0 Å². The number of ether oxygens (including phenoxy) is 1. The Hall–Kier alpha value is -1.91. The van der Waals surface area contributed by atoms with Gasteiger partial charge in [-0.1, -0.05) is 13.2 Å². The highest BCUT2D eigenvalue weighted by Gasteiger charge is 1.96. The van der Waals surface area contributed by atoms with Gasteiger partial charge in [0, 0.05) is 12.2 Å². The van der Waals surface area contributed by atoms with Crippen molar-refractivity contribution in [2.24, 2.45) is 0 Å². The Bertz CT molecular complexity index is 242. The van der Waals surface area contributed by atoms with Crippen LogP contribution in [0.25, 0.3) is 0 Å². The lowest BCUT2D eigenvalue weighted by molar-refractivity contribution is -0.142. The normalized spacial score (nSPS) is 7.50. The van der Waals surface area contributed by atoms with Gasteiger partial charge in [-0.2, -0.15) is 0 Å². The van der Waals surface area contributed by atoms with Gasteiger partial charge in [-0.25, -0.2) is 9.59 Å². The van der Waals surface area contributed by atoms with Crippen molar-refractivity contribution >= 4 is 17.7 Å². The van der Waals surface area contributed by atoms with Gasteiger partial charge in [0.25, 0.3) is 0 Å². The molecule has 0 amide bonds. The maximum atomic E-state index is 10.2. The minimum Gasteiger partial charge on any atom is -0.478 e. The number of carboxylic acids is 1. The van der Waals surface area contributed by atoms with E-state index in [1.165, 1.54) is 6.92 Å². The zero-order valence-electron chi connectivity index (χ0n) is 7.86. The molecule has 14 heavy (non-hydrogen) atoms. The molecule has 5 nitrogen and oxygen atoms in total. The predicted molar refractivity (Wildman–Crippen MR) is 49.7 cm³/mol. The smallest absolute Gasteiger partial charge is 0.330 e. The van der Waals surface area contributed by atoms with Crippen LogP contribution in [-0.4, -0.2) is 29.4 Å². The van der Waals surface area contributed by atoms with Gasteiger partial charge >= 0.3 is 11.9 Å². The summed E-state index contributed by atoms with van der Waals surface area (Å²) >= 11 is 0. The van der Waals surface area contributed by atoms with Crippen molar-refractivity contribution in [1.29, 1.82) is 0 Å². The van der Waals surface area contributed by atoms with Crippen LogP contribution in [0, 0.1) is 0 Å². The number of ketones is 1. The molecule has 0 aliphatic heterocycles. The fourth-order valence-electron chi connectivity index (χ4n) is 0.232. The van der Waals surface area contributed by atoms with Crippen LogP contribution < -0.4 is 0 Å². The molecule has 0 aliphatic rings. The van der Waals surface area contributed by atoms with E-state index in [0.717, 1.165) is 12.2 Å². The number of rotatable bonds is 4. The largest absolute Gasteiger partial charge is 0.478 e. The van der Waals surface area contributed by atoms with E-state index >= 15 is 0 Å². The van der Waals surface area contributed by atoms with Crippen molar-refractivity contribution in [2.45, 2.75) is 6.92 Å². The molecule has 0 saturated carbocycles. The van der Waals surface area contributed by atoms with E-state index in [1.807, 2.05) is 0 Å². The van der Waals surface area contributed by atoms with Gasteiger partial charge in [-0.3, -0.25) is 4.79 Å². The second-order valence-corrected chi connectivity index (χ2v) is 2.06. The van der Waals surface area contributed by atoms with Crippen LogP contribution in [0.3, 0.4) is 0 Å². The van der Waals surface area contributed by atoms with Crippen LogP contribution >= 0.6 is 0 Å². The fourth-order valence-corrected chi connectivity index (χ4v) is 0.232. The molecular weight excluding hydrogens is 188 g/mol. The zero-order chi connectivity index (χ0) is 11.6. The minimum absolute atomic E-state index is 0.162. The highest BCUT2D eigenvalue weighted by molar-refractivity contribution is 5.85. The molecule has 0 heterocycles. The molecule has 5 heteroatoms. The first-order valence-electron chi connectivity index (χ1n) is 3.58. The molecule has 0 aromatic heterocycles. The molecule has 1 N–H and O–H groups in total. The molecule has 78 valence electrons. The number of hydrogen-bond donors (Lipinski definition) is 1. The topological polar surface area (TPSA) is 80.7 Å². The summed E-state index contributed by atoms with van der Waals surface area (Å²) in [6, 6.07) is 0. The molecule has 0 atom stereocenters. The molecule has 0 rings (SSSR count). The first-order chi connectivity index (χ1) is 6.43. The van der Waals surface area contributed by atoms with Crippen molar-refractivity contribution in [2.75, 3.05) is 6.61 Å². The van der Waals surface area contributed by atoms with Gasteiger partial charge in [0.1, 0.15) is 6.61 Å². The van der Waals surface area contributed by atoms with Crippen LogP contribution in [0.1, 0.15) is 6.92 Å². The Balaban J connectivity index is 0. The van der Waals surface area contributed by atoms with Crippen LogP contribution in [0.5, 0.6) is 0 Å². The molecule has 0 saturated heterocycles. The Labute approximate surface area is 81.7 Å². The lowest BCUT2D eigenvalue weighted by Gasteiger charge is -1.94. The van der Waals surface area contributed by atoms with Crippen molar-refractivity contribution in [1.82, 2.24) is 0 Å². The SMILES string of the molecule is C=CC(=O)O.C=CC(=O)OCC(C)=O. The first-order valence-corrected chi connectivity index (χ1v) is 3.58. The number of carbonyl (C=O) groups excluding carboxylic acids is 2. The second kappa shape index (κ2) is 9.18. The average Bonchev–Trinajstić information content (AvgIpc) is 2.14. The third-order valence-corrected chi connectivity index (χ3v) is 0.759. The predicted octanol–water partition coefficient (Wildman–Crippen LogP) is 0.562. The van der Waals surface area contributed by atoms with Crippen LogP contribution in [0.15, 0.2) is 25.3 Å². The molecule has 0 aromatic rings. The lowest BCUT2D eigenvalue weighted by atomic mass is 10.5. The average molecular weight is 200 g/mol. The molecule has 0 aromatic carbocycles. The monoisotopic (exact) mass is 200 g/mol. The van der Waals surface area contributed by atoms with Crippen molar-refractivity contribution in [3.05, 3.63) is 25.3 Å². The van der Waals surface area contributed by atoms with E-state index in [1.54, 1.807) is 0 Å². The number of carbonyl (C=O) groups is 3. The van der Waals surface area contributed by atoms with Gasteiger partial charge in [0.2, 0.25) is 0 Å². The highest BCUT2D eigenvalue weighted by atomic mass is 16.5. The summed E-state index contributed by atoms with van der Waals surface area (Å²) < 4.78 is 4.35. The molecule has 0 unspecified atom stereocenters. The van der Waals surface area contributed by atoms with Gasteiger partial charge in [-0.15, -0.1) is 0 Å². The number of esters is 1. The minimum atomic E-state index is -0.981. The van der Waals surface area contributed by atoms with Gasteiger partial charge < -0.3 is 9.84 Å². The summed E-state index contributed by atoms with van der Waals surface area (Å²) in [7, 11) is 0. The summed E-state index contributed by atoms with van der Waals surface area (Å²) in [5.74, 6) is -1.72. The number of Topliss-reactive ketones (excluding diaryl/α,β-unsaturated/α-hetero) is 1. The van der Waals surface area contributed by atoms with Gasteiger partial charge in [0.05, 0.1) is 0 Å². The Morgan fingerprint density at radius 2 is 1.71 bits per heavy atom. The van der Waals surface area contributed by atoms with Crippen LogP contribution in [0.2, 0.25) is 0 Å². The van der Waals surface area contributed by atoms with Crippen molar-refractivity contribution in [3.63, 3.8) is 0 Å². The molecule has 0 spiro atoms. The summed E-state index contributed by atoms with van der Waals surface area (Å²) in [5.41, 5.74) is 0. The Morgan fingerprint density at radius 3 is 1.93 bits per heavy atom. The lowest BCUT2D eigenvalue weighted by Crippen LogP contribution is -2.08. The maximum Gasteiger partial charge on any atom is 0.330 e. The Kier molecular flexibility index (Phi) is 9.58. The summed E-state index contributed by atoms with van der Waals surface area (Å²) in [6.07, 6.45) is 1.85. The molecular formula is C9H12O5. The van der Waals surface area contributed by atoms with E-state index in [0.29, 0.717) is 0 Å². The van der Waals surface area contributed by atoms with E-state index in [9.17, 15) is 14.4 Å². The maximum absolute atomic E-state index is 10.2. The molecule has 0 bridgehead atoms. The van der Waals surface area contributed by atoms with Gasteiger partial charge in [-0.05, 0) is 6.92 Å².